The van der Waals surface area contributed by atoms with E-state index in [1.807, 2.05) is 30.3 Å². The minimum atomic E-state index is -3.12. The normalized spacial score (nSPS) is 21.3. The molecule has 9 heteroatoms. The highest BCUT2D eigenvalue weighted by Gasteiger charge is 2.39. The molecule has 2 heterocycles. The van der Waals surface area contributed by atoms with Gasteiger partial charge in [-0.3, -0.25) is 9.59 Å². The third kappa shape index (κ3) is 4.29. The minimum absolute atomic E-state index is 0.0529. The Morgan fingerprint density at radius 3 is 2.65 bits per heavy atom. The highest BCUT2D eigenvalue weighted by atomic mass is 32.2. The summed E-state index contributed by atoms with van der Waals surface area (Å²) in [5.41, 5.74) is 0.0492. The molecule has 8 nitrogen and oxygen atoms in total. The molecular weight excluding hydrogens is 358 g/mol. The molecule has 2 amide bonds. The van der Waals surface area contributed by atoms with Crippen molar-refractivity contribution in [1.82, 2.24) is 15.8 Å². The maximum absolute atomic E-state index is 12.1. The van der Waals surface area contributed by atoms with Crippen LogP contribution in [0.4, 0.5) is 0 Å². The number of nitrogens with zero attached hydrogens (tertiary/aromatic N) is 1. The minimum Gasteiger partial charge on any atom is -0.355 e. The lowest BCUT2D eigenvalue weighted by molar-refractivity contribution is -0.121. The lowest BCUT2D eigenvalue weighted by atomic mass is 10.0. The van der Waals surface area contributed by atoms with Gasteiger partial charge in [0.2, 0.25) is 5.91 Å². The molecule has 1 saturated heterocycles. The van der Waals surface area contributed by atoms with Crippen molar-refractivity contribution < 1.29 is 22.5 Å². The summed E-state index contributed by atoms with van der Waals surface area (Å²) in [5, 5.41) is 8.83. The van der Waals surface area contributed by atoms with Crippen LogP contribution in [0.25, 0.3) is 11.3 Å². The topological polar surface area (TPSA) is 118 Å². The van der Waals surface area contributed by atoms with Crippen molar-refractivity contribution in [2.24, 2.45) is 0 Å². The largest absolute Gasteiger partial charge is 0.355 e. The van der Waals surface area contributed by atoms with Gasteiger partial charge in [0.25, 0.3) is 5.91 Å². The van der Waals surface area contributed by atoms with E-state index in [2.05, 4.69) is 15.8 Å². The van der Waals surface area contributed by atoms with Gasteiger partial charge in [0.05, 0.1) is 23.6 Å². The standard InChI is InChI=1S/C17H19N3O5S/c1-17(7-8-26(23,24)11-17)19-15(21)10-18-16(22)13-9-14(25-20-13)12-5-3-2-4-6-12/h2-6,9H,7-8,10-11H2,1H3,(H,18,22)(H,19,21). The predicted molar refractivity (Wildman–Crippen MR) is 94.1 cm³/mol. The van der Waals surface area contributed by atoms with E-state index >= 15 is 0 Å². The number of benzene rings is 1. The molecule has 1 atom stereocenters. The Hall–Kier alpha value is -2.68. The predicted octanol–water partition coefficient (Wildman–Crippen LogP) is 0.765. The van der Waals surface area contributed by atoms with Gasteiger partial charge in [-0.25, -0.2) is 8.42 Å². The molecule has 1 aliphatic rings. The second-order valence-corrected chi connectivity index (χ2v) is 8.76. The lowest BCUT2D eigenvalue weighted by Gasteiger charge is -2.23. The smallest absolute Gasteiger partial charge is 0.273 e. The van der Waals surface area contributed by atoms with Crippen LogP contribution in [0.2, 0.25) is 0 Å². The Morgan fingerprint density at radius 2 is 2.00 bits per heavy atom. The van der Waals surface area contributed by atoms with Crippen LogP contribution in [-0.2, 0) is 14.6 Å². The van der Waals surface area contributed by atoms with Gasteiger partial charge in [-0.2, -0.15) is 0 Å². The average Bonchev–Trinajstić information content (AvgIpc) is 3.18. The summed E-state index contributed by atoms with van der Waals surface area (Å²) in [6.07, 6.45) is 0.360. The van der Waals surface area contributed by atoms with Crippen LogP contribution in [0, 0.1) is 0 Å². The number of sulfone groups is 1. The summed E-state index contributed by atoms with van der Waals surface area (Å²) >= 11 is 0. The third-order valence-corrected chi connectivity index (χ3v) is 6.06. The van der Waals surface area contributed by atoms with Gasteiger partial charge >= 0.3 is 0 Å². The van der Waals surface area contributed by atoms with Crippen molar-refractivity contribution in [3.05, 3.63) is 42.1 Å². The Balaban J connectivity index is 1.54. The number of rotatable bonds is 5. The maximum atomic E-state index is 12.1. The first-order chi connectivity index (χ1) is 12.3. The van der Waals surface area contributed by atoms with Crippen molar-refractivity contribution in [2.75, 3.05) is 18.1 Å². The maximum Gasteiger partial charge on any atom is 0.273 e. The molecule has 1 aromatic carbocycles. The number of hydrogen-bond acceptors (Lipinski definition) is 6. The van der Waals surface area contributed by atoms with Crippen molar-refractivity contribution in [3.63, 3.8) is 0 Å². The Bertz CT molecular complexity index is 923. The Morgan fingerprint density at radius 1 is 1.27 bits per heavy atom. The number of aromatic nitrogens is 1. The second kappa shape index (κ2) is 6.91. The third-order valence-electron chi connectivity index (χ3n) is 4.16. The molecule has 0 bridgehead atoms. The van der Waals surface area contributed by atoms with Crippen LogP contribution in [0.5, 0.6) is 0 Å². The Labute approximate surface area is 150 Å². The molecule has 1 fully saturated rings. The summed E-state index contributed by atoms with van der Waals surface area (Å²) < 4.78 is 28.3. The van der Waals surface area contributed by atoms with Crippen molar-refractivity contribution in [3.8, 4) is 11.3 Å². The van der Waals surface area contributed by atoms with Gasteiger partial charge in [-0.15, -0.1) is 0 Å². The van der Waals surface area contributed by atoms with Gasteiger partial charge in [-0.1, -0.05) is 35.5 Å². The van der Waals surface area contributed by atoms with Gasteiger partial charge in [0.15, 0.2) is 21.3 Å². The van der Waals surface area contributed by atoms with Crippen LogP contribution in [0.15, 0.2) is 40.9 Å². The van der Waals surface area contributed by atoms with Gasteiger partial charge in [0.1, 0.15) is 0 Å². The molecule has 0 aliphatic carbocycles. The van der Waals surface area contributed by atoms with E-state index in [4.69, 9.17) is 4.52 Å². The molecule has 1 aliphatic heterocycles. The summed E-state index contributed by atoms with van der Waals surface area (Å²) in [6.45, 7) is 1.41. The van der Waals surface area contributed by atoms with Crippen LogP contribution < -0.4 is 10.6 Å². The fourth-order valence-corrected chi connectivity index (χ4v) is 4.95. The fourth-order valence-electron chi connectivity index (χ4n) is 2.86. The molecule has 2 aromatic rings. The zero-order valence-corrected chi connectivity index (χ0v) is 15.0. The van der Waals surface area contributed by atoms with E-state index in [1.54, 1.807) is 6.92 Å². The monoisotopic (exact) mass is 377 g/mol. The van der Waals surface area contributed by atoms with E-state index < -0.39 is 27.2 Å². The first-order valence-electron chi connectivity index (χ1n) is 8.08. The zero-order valence-electron chi connectivity index (χ0n) is 14.2. The first kappa shape index (κ1) is 18.1. The summed E-state index contributed by atoms with van der Waals surface area (Å²) in [4.78, 5) is 24.1. The van der Waals surface area contributed by atoms with E-state index in [0.29, 0.717) is 12.2 Å². The number of hydrogen-bond donors (Lipinski definition) is 2. The average molecular weight is 377 g/mol. The number of amides is 2. The zero-order chi connectivity index (χ0) is 18.8. The highest BCUT2D eigenvalue weighted by Crippen LogP contribution is 2.22. The van der Waals surface area contributed by atoms with Gasteiger partial charge in [0, 0.05) is 11.6 Å². The SMILES string of the molecule is CC1(NC(=O)CNC(=O)c2cc(-c3ccccc3)on2)CCS(=O)(=O)C1. The summed E-state index contributed by atoms with van der Waals surface area (Å²) in [7, 11) is -3.12. The van der Waals surface area contributed by atoms with Gasteiger partial charge < -0.3 is 15.2 Å². The molecule has 0 spiro atoms. The number of nitrogens with one attached hydrogen (secondary N) is 2. The van der Waals surface area contributed by atoms with E-state index in [-0.39, 0.29) is 23.7 Å². The van der Waals surface area contributed by atoms with Crippen molar-refractivity contribution in [1.29, 1.82) is 0 Å². The van der Waals surface area contributed by atoms with E-state index in [9.17, 15) is 18.0 Å². The summed E-state index contributed by atoms with van der Waals surface area (Å²) in [5.74, 6) is -0.593. The fraction of sp³-hybridized carbons (Fsp3) is 0.353. The van der Waals surface area contributed by atoms with Crippen LogP contribution in [-0.4, -0.2) is 49.0 Å². The van der Waals surface area contributed by atoms with Crippen LogP contribution >= 0.6 is 0 Å². The molecular formula is C17H19N3O5S. The first-order valence-corrected chi connectivity index (χ1v) is 9.90. The molecule has 0 radical (unpaired) electrons. The molecule has 3 rings (SSSR count). The van der Waals surface area contributed by atoms with E-state index in [1.165, 1.54) is 6.07 Å². The highest BCUT2D eigenvalue weighted by molar-refractivity contribution is 7.91. The van der Waals surface area contributed by atoms with Crippen molar-refractivity contribution >= 4 is 21.7 Å². The quantitative estimate of drug-likeness (QED) is 0.794. The Kier molecular flexibility index (Phi) is 4.82. The molecule has 0 saturated carbocycles. The second-order valence-electron chi connectivity index (χ2n) is 6.58. The number of carbonyl (C=O) groups excluding carboxylic acids is 2. The molecule has 1 unspecified atom stereocenters. The molecule has 138 valence electrons. The molecule has 1 aromatic heterocycles. The van der Waals surface area contributed by atoms with Crippen LogP contribution in [0.3, 0.4) is 0 Å². The summed E-state index contributed by atoms with van der Waals surface area (Å²) in [6, 6.07) is 10.7. The molecule has 26 heavy (non-hydrogen) atoms. The van der Waals surface area contributed by atoms with Crippen LogP contribution in [0.1, 0.15) is 23.8 Å². The van der Waals surface area contributed by atoms with Gasteiger partial charge in [-0.05, 0) is 13.3 Å². The molecule has 2 N–H and O–H groups in total. The van der Waals surface area contributed by atoms with E-state index in [0.717, 1.165) is 5.56 Å². The van der Waals surface area contributed by atoms with Crippen molar-refractivity contribution in [2.45, 2.75) is 18.9 Å². The number of carbonyl (C=O) groups is 2. The lowest BCUT2D eigenvalue weighted by Crippen LogP contribution is -2.50.